The van der Waals surface area contributed by atoms with Crippen molar-refractivity contribution in [3.63, 3.8) is 0 Å². The minimum Gasteiger partial charge on any atom is -0.0631 e. The van der Waals surface area contributed by atoms with Crippen LogP contribution in [0.4, 0.5) is 0 Å². The first-order chi connectivity index (χ1) is 34.3. The van der Waals surface area contributed by atoms with Gasteiger partial charge in [0.25, 0.3) is 0 Å². The van der Waals surface area contributed by atoms with E-state index in [0.717, 1.165) is 0 Å². The summed E-state index contributed by atoms with van der Waals surface area (Å²) in [4.78, 5) is 0. The van der Waals surface area contributed by atoms with Gasteiger partial charge in [0.05, 0.1) is 0 Å². The smallest absolute Gasteiger partial charge is 0.0631 e. The van der Waals surface area contributed by atoms with Crippen LogP contribution in [0.25, 0.3) is 43.4 Å². The summed E-state index contributed by atoms with van der Waals surface area (Å²) in [5, 5.41) is 19.2. The zero-order chi connectivity index (χ0) is 46.1. The highest BCUT2D eigenvalue weighted by Gasteiger charge is 2.72. The third-order valence-corrected chi connectivity index (χ3v) is 48.9. The van der Waals surface area contributed by atoms with Gasteiger partial charge in [-0.15, -0.1) is 0 Å². The van der Waals surface area contributed by atoms with Gasteiger partial charge >= 0.3 is 0 Å². The van der Waals surface area contributed by atoms with Crippen LogP contribution in [0.2, 0.25) is 0 Å². The van der Waals surface area contributed by atoms with E-state index in [1.54, 1.807) is 0 Å². The summed E-state index contributed by atoms with van der Waals surface area (Å²) in [6.45, 7) is 0. The molecule has 0 N–H and O–H groups in total. The minimum atomic E-state index is -3.51. The Morgan fingerprint density at radius 2 is 0.420 bits per heavy atom. The van der Waals surface area contributed by atoms with Crippen molar-refractivity contribution in [1.82, 2.24) is 0 Å². The molecule has 0 bridgehead atoms. The molecule has 0 aliphatic heterocycles. The predicted octanol–water partition coefficient (Wildman–Crippen LogP) is 10.9. The van der Waals surface area contributed by atoms with Gasteiger partial charge in [-0.05, 0) is 49.5 Å². The summed E-state index contributed by atoms with van der Waals surface area (Å²) in [5.74, 6) is 0. The number of fused-ring (bicyclic) bond motifs is 6. The highest BCUT2D eigenvalue weighted by molar-refractivity contribution is 7.89. The molecule has 0 aliphatic carbocycles. The standard InChI is InChI=1S/C66H50Si3/c1-8-28-53(29-9-1)67(54-30-10-2-11-31-54,55-32-12-3-13-33-55)69(58-38-18-6-19-39-58,59-40-20-7-21-41-59)68(56-34-14-4-15-35-56,57-36-16-5-17-37-57)60-42-26-27-51(49-60)52-47-48-65-63-45-23-22-43-61(63)62-44-24-25-46-64(62)66(65)50-52/h1-50H. The molecule has 0 nitrogen and oxygen atoms in total. The third kappa shape index (κ3) is 6.61. The Labute approximate surface area is 408 Å². The van der Waals surface area contributed by atoms with E-state index < -0.39 is 22.3 Å². The van der Waals surface area contributed by atoms with E-state index in [2.05, 4.69) is 303 Å². The summed E-state index contributed by atoms with van der Waals surface area (Å²) >= 11 is 0. The van der Waals surface area contributed by atoms with Crippen molar-refractivity contribution in [3.05, 3.63) is 303 Å². The van der Waals surface area contributed by atoms with Crippen molar-refractivity contribution in [2.24, 2.45) is 0 Å². The highest BCUT2D eigenvalue weighted by Crippen LogP contribution is 2.38. The molecule has 0 saturated heterocycles. The molecule has 0 atom stereocenters. The maximum Gasteiger partial charge on any atom is 0.148 e. The Balaban J connectivity index is 1.31. The predicted molar refractivity (Wildman–Crippen MR) is 304 cm³/mol. The molecule has 69 heavy (non-hydrogen) atoms. The Kier molecular flexibility index (Phi) is 11.0. The molecule has 326 valence electrons. The number of hydrogen-bond donors (Lipinski definition) is 0. The van der Waals surface area contributed by atoms with E-state index in [-0.39, 0.29) is 0 Å². The molecule has 12 aromatic carbocycles. The minimum absolute atomic E-state index is 1.22. The molecule has 0 radical (unpaired) electrons. The quantitative estimate of drug-likeness (QED) is 0.0689. The first kappa shape index (κ1) is 42.4. The molecule has 0 aromatic heterocycles. The van der Waals surface area contributed by atoms with Crippen LogP contribution >= 0.6 is 0 Å². The molecule has 0 amide bonds. The zero-order valence-electron chi connectivity index (χ0n) is 38.4. The van der Waals surface area contributed by atoms with E-state index >= 15 is 0 Å². The van der Waals surface area contributed by atoms with Crippen LogP contribution in [-0.2, 0) is 0 Å². The molecule has 3 heteroatoms. The lowest BCUT2D eigenvalue weighted by atomic mass is 9.92. The monoisotopic (exact) mass is 926 g/mol. The van der Waals surface area contributed by atoms with Gasteiger partial charge in [-0.1, -0.05) is 339 Å². The van der Waals surface area contributed by atoms with Gasteiger partial charge in [0, 0.05) is 0 Å². The van der Waals surface area contributed by atoms with Crippen LogP contribution in [0.3, 0.4) is 0 Å². The Morgan fingerprint density at radius 1 is 0.159 bits per heavy atom. The van der Waals surface area contributed by atoms with Gasteiger partial charge in [0.15, 0.2) is 0 Å². The van der Waals surface area contributed by atoms with Crippen LogP contribution in [0.1, 0.15) is 0 Å². The van der Waals surface area contributed by atoms with Crippen LogP contribution < -0.4 is 41.5 Å². The van der Waals surface area contributed by atoms with E-state index in [4.69, 9.17) is 0 Å². The van der Waals surface area contributed by atoms with Crippen molar-refractivity contribution in [1.29, 1.82) is 0 Å². The Hall–Kier alpha value is -7.93. The first-order valence-electron chi connectivity index (χ1n) is 24.1. The molecule has 0 unspecified atom stereocenters. The van der Waals surface area contributed by atoms with Gasteiger partial charge in [0.2, 0.25) is 0 Å². The average molecular weight is 927 g/mol. The molecular formula is C66H50Si3. The van der Waals surface area contributed by atoms with Crippen molar-refractivity contribution < 1.29 is 0 Å². The second kappa shape index (κ2) is 17.9. The summed E-state index contributed by atoms with van der Waals surface area (Å²) in [6, 6.07) is 117. The van der Waals surface area contributed by atoms with Gasteiger partial charge in [0.1, 0.15) is 22.3 Å². The van der Waals surface area contributed by atoms with E-state index in [1.807, 2.05) is 0 Å². The number of benzene rings is 12. The normalized spacial score (nSPS) is 12.1. The van der Waals surface area contributed by atoms with Crippen molar-refractivity contribution in [2.75, 3.05) is 0 Å². The fourth-order valence-corrected chi connectivity index (χ4v) is 57.7. The second-order valence-corrected chi connectivity index (χ2v) is 37.9. The molecule has 0 aliphatic rings. The average Bonchev–Trinajstić information content (AvgIpc) is 3.45. The highest BCUT2D eigenvalue weighted by atomic mass is 29.6. The Morgan fingerprint density at radius 3 is 0.783 bits per heavy atom. The van der Waals surface area contributed by atoms with Crippen molar-refractivity contribution in [2.45, 2.75) is 0 Å². The first-order valence-corrected chi connectivity index (χ1v) is 32.1. The van der Waals surface area contributed by atoms with Crippen molar-refractivity contribution in [3.8, 4) is 11.1 Å². The van der Waals surface area contributed by atoms with Crippen LogP contribution in [0, 0.1) is 0 Å². The van der Waals surface area contributed by atoms with Crippen LogP contribution in [-0.4, -0.2) is 22.3 Å². The summed E-state index contributed by atoms with van der Waals surface area (Å²) < 4.78 is 0. The maximum atomic E-state index is 2.63. The molecular weight excluding hydrogens is 877 g/mol. The van der Waals surface area contributed by atoms with Crippen LogP contribution in [0.5, 0.6) is 0 Å². The van der Waals surface area contributed by atoms with Crippen LogP contribution in [0.15, 0.2) is 303 Å². The Bertz CT molecular complexity index is 3490. The lowest BCUT2D eigenvalue weighted by Crippen LogP contribution is -3.04. The zero-order valence-corrected chi connectivity index (χ0v) is 41.4. The lowest BCUT2D eigenvalue weighted by Gasteiger charge is -2.59. The largest absolute Gasteiger partial charge is 0.148 e. The molecule has 12 rings (SSSR count). The van der Waals surface area contributed by atoms with E-state index in [0.29, 0.717) is 0 Å². The maximum absolute atomic E-state index is 3.51. The molecule has 0 fully saturated rings. The summed E-state index contributed by atoms with van der Waals surface area (Å²) in [6.07, 6.45) is 0. The van der Waals surface area contributed by atoms with E-state index in [9.17, 15) is 0 Å². The topological polar surface area (TPSA) is 0 Å². The SMILES string of the molecule is c1ccc([Si](c2ccccc2)(c2ccccc2)[Si](c2ccccc2)(c2ccccc2)[Si](c2ccccc2)(c2ccccc2)c2cccc(-c3ccc4c5ccccc5c5ccccc5c4c3)c2)cc1. The van der Waals surface area contributed by atoms with Gasteiger partial charge in [-0.3, -0.25) is 0 Å². The fraction of sp³-hybridized carbons (Fsp3) is 0. The molecule has 0 heterocycles. The summed E-state index contributed by atoms with van der Waals surface area (Å²) in [7, 11) is -10.3. The van der Waals surface area contributed by atoms with E-state index in [1.165, 1.54) is 84.9 Å². The van der Waals surface area contributed by atoms with Crippen molar-refractivity contribution >= 4 is 96.1 Å². The summed E-state index contributed by atoms with van der Waals surface area (Å²) in [5.41, 5.74) is 2.45. The number of rotatable bonds is 11. The molecule has 0 saturated carbocycles. The van der Waals surface area contributed by atoms with Gasteiger partial charge in [-0.2, -0.15) is 0 Å². The molecule has 12 aromatic rings. The fourth-order valence-electron chi connectivity index (χ4n) is 12.4. The number of hydrogen-bond acceptors (Lipinski definition) is 0. The third-order valence-electron chi connectivity index (χ3n) is 14.9. The van der Waals surface area contributed by atoms with Gasteiger partial charge in [-0.25, -0.2) is 0 Å². The molecule has 0 spiro atoms. The second-order valence-electron chi connectivity index (χ2n) is 18.2. The van der Waals surface area contributed by atoms with Gasteiger partial charge < -0.3 is 0 Å². The lowest BCUT2D eigenvalue weighted by molar-refractivity contribution is 1.65.